The van der Waals surface area contributed by atoms with Crippen molar-refractivity contribution in [2.75, 3.05) is 0 Å². The number of terminal acetylenes is 1. The first-order chi connectivity index (χ1) is 7.15. The standard InChI is InChI=1S/C13H16ClN/c1-4-7-10(2)15-11(3)12-8-5-6-9-13(12)14/h1,5-6,8-11,15H,7H2,2-3H3. The van der Waals surface area contributed by atoms with E-state index in [0.717, 1.165) is 17.0 Å². The fourth-order valence-corrected chi connectivity index (χ4v) is 1.88. The van der Waals surface area contributed by atoms with Gasteiger partial charge in [0.1, 0.15) is 0 Å². The highest BCUT2D eigenvalue weighted by atomic mass is 35.5. The van der Waals surface area contributed by atoms with Crippen LogP contribution in [0.4, 0.5) is 0 Å². The van der Waals surface area contributed by atoms with Gasteiger partial charge in [0, 0.05) is 23.5 Å². The lowest BCUT2D eigenvalue weighted by Crippen LogP contribution is -2.28. The summed E-state index contributed by atoms with van der Waals surface area (Å²) in [4.78, 5) is 0. The van der Waals surface area contributed by atoms with E-state index < -0.39 is 0 Å². The smallest absolute Gasteiger partial charge is 0.0453 e. The van der Waals surface area contributed by atoms with Gasteiger partial charge in [-0.15, -0.1) is 12.3 Å². The van der Waals surface area contributed by atoms with Gasteiger partial charge < -0.3 is 5.32 Å². The van der Waals surface area contributed by atoms with Crippen molar-refractivity contribution in [1.29, 1.82) is 0 Å². The van der Waals surface area contributed by atoms with Crippen LogP contribution in [-0.2, 0) is 0 Å². The number of hydrogen-bond acceptors (Lipinski definition) is 1. The average molecular weight is 222 g/mol. The molecule has 2 unspecified atom stereocenters. The van der Waals surface area contributed by atoms with E-state index in [-0.39, 0.29) is 6.04 Å². The monoisotopic (exact) mass is 221 g/mol. The van der Waals surface area contributed by atoms with Crippen LogP contribution in [0.3, 0.4) is 0 Å². The highest BCUT2D eigenvalue weighted by Gasteiger charge is 2.10. The van der Waals surface area contributed by atoms with Crippen molar-refractivity contribution in [3.8, 4) is 12.3 Å². The number of rotatable bonds is 4. The molecule has 0 spiro atoms. The Labute approximate surface area is 96.8 Å². The van der Waals surface area contributed by atoms with Gasteiger partial charge in [-0.3, -0.25) is 0 Å². The Morgan fingerprint density at radius 2 is 2.07 bits per heavy atom. The van der Waals surface area contributed by atoms with Crippen molar-refractivity contribution in [3.63, 3.8) is 0 Å². The lowest BCUT2D eigenvalue weighted by Gasteiger charge is -2.19. The minimum Gasteiger partial charge on any atom is -0.307 e. The van der Waals surface area contributed by atoms with E-state index in [0.29, 0.717) is 6.04 Å². The summed E-state index contributed by atoms with van der Waals surface area (Å²) in [6, 6.07) is 8.39. The molecule has 0 aliphatic heterocycles. The first-order valence-corrected chi connectivity index (χ1v) is 5.47. The van der Waals surface area contributed by atoms with E-state index in [1.54, 1.807) is 0 Å². The SMILES string of the molecule is C#CCC(C)NC(C)c1ccccc1Cl. The minimum absolute atomic E-state index is 0.224. The summed E-state index contributed by atoms with van der Waals surface area (Å²) in [6.45, 7) is 4.17. The van der Waals surface area contributed by atoms with Gasteiger partial charge in [-0.1, -0.05) is 29.8 Å². The van der Waals surface area contributed by atoms with Crippen LogP contribution >= 0.6 is 11.6 Å². The maximum absolute atomic E-state index is 6.10. The van der Waals surface area contributed by atoms with E-state index in [1.807, 2.05) is 24.3 Å². The van der Waals surface area contributed by atoms with Crippen LogP contribution in [0.5, 0.6) is 0 Å². The molecule has 0 fully saturated rings. The number of nitrogens with one attached hydrogen (secondary N) is 1. The molecule has 2 heteroatoms. The van der Waals surface area contributed by atoms with Gasteiger partial charge in [0.2, 0.25) is 0 Å². The fraction of sp³-hybridized carbons (Fsp3) is 0.385. The van der Waals surface area contributed by atoms with Crippen LogP contribution in [-0.4, -0.2) is 6.04 Å². The molecule has 1 nitrogen and oxygen atoms in total. The number of hydrogen-bond donors (Lipinski definition) is 1. The maximum Gasteiger partial charge on any atom is 0.0453 e. The lowest BCUT2D eigenvalue weighted by atomic mass is 10.1. The van der Waals surface area contributed by atoms with Crippen LogP contribution in [0, 0.1) is 12.3 Å². The molecule has 1 N–H and O–H groups in total. The number of halogens is 1. The van der Waals surface area contributed by atoms with Gasteiger partial charge in [0.15, 0.2) is 0 Å². The Balaban J connectivity index is 2.66. The summed E-state index contributed by atoms with van der Waals surface area (Å²) in [5, 5.41) is 4.21. The zero-order valence-corrected chi connectivity index (χ0v) is 9.88. The maximum atomic E-state index is 6.10. The number of benzene rings is 1. The second-order valence-electron chi connectivity index (χ2n) is 3.72. The topological polar surface area (TPSA) is 12.0 Å². The quantitative estimate of drug-likeness (QED) is 0.769. The zero-order chi connectivity index (χ0) is 11.3. The molecule has 2 atom stereocenters. The third-order valence-electron chi connectivity index (χ3n) is 2.33. The Bertz CT molecular complexity index is 354. The molecular formula is C13H16ClN. The molecule has 0 aliphatic carbocycles. The second kappa shape index (κ2) is 5.80. The predicted molar refractivity (Wildman–Crippen MR) is 65.9 cm³/mol. The molecule has 1 aromatic rings. The van der Waals surface area contributed by atoms with E-state index in [9.17, 15) is 0 Å². The molecule has 80 valence electrons. The summed E-state index contributed by atoms with van der Waals surface area (Å²) in [5.74, 6) is 2.64. The van der Waals surface area contributed by atoms with E-state index >= 15 is 0 Å². The molecule has 0 saturated heterocycles. The Kier molecular flexibility index (Phi) is 4.68. The summed E-state index contributed by atoms with van der Waals surface area (Å²) in [7, 11) is 0. The normalized spacial score (nSPS) is 14.3. The Morgan fingerprint density at radius 3 is 2.67 bits per heavy atom. The van der Waals surface area contributed by atoms with Crippen LogP contribution < -0.4 is 5.32 Å². The van der Waals surface area contributed by atoms with E-state index in [1.165, 1.54) is 0 Å². The van der Waals surface area contributed by atoms with Crippen LogP contribution in [0.2, 0.25) is 5.02 Å². The van der Waals surface area contributed by atoms with Crippen molar-refractivity contribution in [2.45, 2.75) is 32.4 Å². The molecule has 15 heavy (non-hydrogen) atoms. The van der Waals surface area contributed by atoms with Gasteiger partial charge in [0.05, 0.1) is 0 Å². The van der Waals surface area contributed by atoms with Gasteiger partial charge in [-0.2, -0.15) is 0 Å². The Morgan fingerprint density at radius 1 is 1.40 bits per heavy atom. The second-order valence-corrected chi connectivity index (χ2v) is 4.13. The van der Waals surface area contributed by atoms with Gasteiger partial charge in [0.25, 0.3) is 0 Å². The lowest BCUT2D eigenvalue weighted by molar-refractivity contribution is 0.486. The fourth-order valence-electron chi connectivity index (χ4n) is 1.58. The first kappa shape index (κ1) is 12.1. The predicted octanol–water partition coefficient (Wildman–Crippen LogP) is 3.40. The highest BCUT2D eigenvalue weighted by Crippen LogP contribution is 2.22. The summed E-state index contributed by atoms with van der Waals surface area (Å²) in [6.07, 6.45) is 5.99. The van der Waals surface area contributed by atoms with Crippen molar-refractivity contribution < 1.29 is 0 Å². The summed E-state index contributed by atoms with van der Waals surface area (Å²) in [5.41, 5.74) is 1.11. The molecule has 1 rings (SSSR count). The third kappa shape index (κ3) is 3.58. The highest BCUT2D eigenvalue weighted by molar-refractivity contribution is 6.31. The van der Waals surface area contributed by atoms with Crippen LogP contribution in [0.15, 0.2) is 24.3 Å². The minimum atomic E-state index is 0.224. The Hall–Kier alpha value is -0.970. The first-order valence-electron chi connectivity index (χ1n) is 5.09. The average Bonchev–Trinajstić information content (AvgIpc) is 2.18. The molecule has 0 aliphatic rings. The summed E-state index contributed by atoms with van der Waals surface area (Å²) >= 11 is 6.10. The van der Waals surface area contributed by atoms with Crippen LogP contribution in [0.25, 0.3) is 0 Å². The van der Waals surface area contributed by atoms with E-state index in [4.69, 9.17) is 18.0 Å². The van der Waals surface area contributed by atoms with Crippen molar-refractivity contribution in [2.24, 2.45) is 0 Å². The molecule has 0 aromatic heterocycles. The van der Waals surface area contributed by atoms with Gasteiger partial charge in [-0.05, 0) is 25.5 Å². The van der Waals surface area contributed by atoms with Crippen LogP contribution in [0.1, 0.15) is 31.9 Å². The third-order valence-corrected chi connectivity index (χ3v) is 2.67. The largest absolute Gasteiger partial charge is 0.307 e. The summed E-state index contributed by atoms with van der Waals surface area (Å²) < 4.78 is 0. The molecule has 0 heterocycles. The van der Waals surface area contributed by atoms with Gasteiger partial charge >= 0.3 is 0 Å². The van der Waals surface area contributed by atoms with Crippen molar-refractivity contribution in [3.05, 3.63) is 34.9 Å². The molecule has 0 amide bonds. The molecular weight excluding hydrogens is 206 g/mol. The van der Waals surface area contributed by atoms with Crippen molar-refractivity contribution in [1.82, 2.24) is 5.32 Å². The van der Waals surface area contributed by atoms with Gasteiger partial charge in [-0.25, -0.2) is 0 Å². The molecule has 0 saturated carbocycles. The zero-order valence-electron chi connectivity index (χ0n) is 9.13. The molecule has 1 aromatic carbocycles. The van der Waals surface area contributed by atoms with E-state index in [2.05, 4.69) is 25.1 Å². The van der Waals surface area contributed by atoms with Crippen molar-refractivity contribution >= 4 is 11.6 Å². The molecule has 0 bridgehead atoms. The molecule has 0 radical (unpaired) electrons.